The van der Waals surface area contributed by atoms with Crippen molar-refractivity contribution in [1.82, 2.24) is 34.3 Å². The lowest BCUT2D eigenvalue weighted by Crippen LogP contribution is -2.32. The van der Waals surface area contributed by atoms with Crippen LogP contribution in [0.2, 0.25) is 0 Å². The lowest BCUT2D eigenvalue weighted by Gasteiger charge is -2.24. The molecule has 39 heavy (non-hydrogen) atoms. The van der Waals surface area contributed by atoms with Crippen LogP contribution >= 0.6 is 0 Å². The highest BCUT2D eigenvalue weighted by molar-refractivity contribution is 6.14. The Hall–Kier alpha value is -4.24. The van der Waals surface area contributed by atoms with Gasteiger partial charge in [0.2, 0.25) is 0 Å². The fourth-order valence-electron chi connectivity index (χ4n) is 5.45. The summed E-state index contributed by atoms with van der Waals surface area (Å²) in [5.41, 5.74) is 6.53. The summed E-state index contributed by atoms with van der Waals surface area (Å²) >= 11 is 0. The first kappa shape index (κ1) is 25.1. The van der Waals surface area contributed by atoms with E-state index in [0.717, 1.165) is 50.3 Å². The predicted octanol–water partition coefficient (Wildman–Crippen LogP) is 4.92. The van der Waals surface area contributed by atoms with E-state index in [2.05, 4.69) is 38.0 Å². The monoisotopic (exact) mass is 515 g/mol. The molecule has 194 valence electrons. The molecule has 0 saturated carbocycles. The van der Waals surface area contributed by atoms with Crippen molar-refractivity contribution < 1.29 is 5.11 Å². The van der Waals surface area contributed by atoms with Gasteiger partial charge in [-0.2, -0.15) is 15.3 Å². The van der Waals surface area contributed by atoms with E-state index in [1.165, 1.54) is 5.56 Å². The maximum atomic E-state index is 11.0. The Morgan fingerprint density at radius 3 is 2.49 bits per heavy atom. The zero-order valence-corrected chi connectivity index (χ0v) is 22.8. The fraction of sp³-hybridized carbons (Fsp3) is 0.267. The molecule has 0 fully saturated rings. The van der Waals surface area contributed by atoms with Gasteiger partial charge in [0.1, 0.15) is 7.85 Å². The average molecular weight is 515 g/mol. The molecule has 0 aliphatic heterocycles. The van der Waals surface area contributed by atoms with Crippen molar-refractivity contribution in [2.75, 3.05) is 0 Å². The van der Waals surface area contributed by atoms with E-state index in [9.17, 15) is 5.11 Å². The minimum atomic E-state index is -1.56. The van der Waals surface area contributed by atoms with Crippen LogP contribution in [0.5, 0.6) is 0 Å². The summed E-state index contributed by atoms with van der Waals surface area (Å²) in [6.45, 7) is 8.59. The van der Waals surface area contributed by atoms with E-state index in [1.54, 1.807) is 9.36 Å². The number of nitrogens with zero attached hydrogens (tertiary/aromatic N) is 7. The highest BCUT2D eigenvalue weighted by Gasteiger charge is 2.26. The van der Waals surface area contributed by atoms with E-state index in [4.69, 9.17) is 23.0 Å². The van der Waals surface area contributed by atoms with E-state index >= 15 is 0 Å². The number of rotatable bonds is 6. The first-order valence-corrected chi connectivity index (χ1v) is 13.1. The summed E-state index contributed by atoms with van der Waals surface area (Å²) in [7, 11) is 8.21. The number of benzene rings is 2. The number of aromatic nitrogens is 7. The third-order valence-corrected chi connectivity index (χ3v) is 7.27. The Bertz CT molecular complexity index is 1830. The van der Waals surface area contributed by atoms with E-state index in [-0.39, 0.29) is 12.5 Å². The van der Waals surface area contributed by atoms with Gasteiger partial charge < -0.3 is 5.11 Å². The van der Waals surface area contributed by atoms with Gasteiger partial charge in [0.05, 0.1) is 34.6 Å². The topological polar surface area (TPSA) is 86.6 Å². The molecule has 6 rings (SSSR count). The molecule has 0 aliphatic rings. The maximum absolute atomic E-state index is 11.0. The zero-order valence-electron chi connectivity index (χ0n) is 22.8. The Labute approximate surface area is 228 Å². The summed E-state index contributed by atoms with van der Waals surface area (Å²) in [5, 5.41) is 27.3. The van der Waals surface area contributed by atoms with Crippen LogP contribution in [0.4, 0.5) is 0 Å². The van der Waals surface area contributed by atoms with Gasteiger partial charge in [-0.15, -0.1) is 0 Å². The molecule has 0 spiro atoms. The van der Waals surface area contributed by atoms with Crippen LogP contribution in [0.15, 0.2) is 67.0 Å². The normalized spacial score (nSPS) is 13.5. The standard InChI is InChI=1S/C30H30BN7O/c1-18(2)27-20(4)38(26-14-21-15-36(5)35-29(21)32-19(26)3)34-28(27)23-12-9-13-25-24(23)16-37(33-25)17-30(31,39)22-10-7-6-8-11-22/h6-16,18,39H,17H2,1-5H3/t30-/m0/s1. The Morgan fingerprint density at radius 2 is 1.74 bits per heavy atom. The van der Waals surface area contributed by atoms with Gasteiger partial charge in [0.15, 0.2) is 5.65 Å². The largest absolute Gasteiger partial charge is 0.393 e. The number of fused-ring (bicyclic) bond motifs is 2. The molecular weight excluding hydrogens is 485 g/mol. The molecule has 2 radical (unpaired) electrons. The van der Waals surface area contributed by atoms with Crippen molar-refractivity contribution in [3.8, 4) is 16.9 Å². The second-order valence-electron chi connectivity index (χ2n) is 10.6. The van der Waals surface area contributed by atoms with Crippen molar-refractivity contribution in [3.63, 3.8) is 0 Å². The summed E-state index contributed by atoms with van der Waals surface area (Å²) < 4.78 is 5.49. The maximum Gasteiger partial charge on any atom is 0.181 e. The number of aliphatic hydroxyl groups is 1. The molecule has 2 aromatic carbocycles. The van der Waals surface area contributed by atoms with Gasteiger partial charge in [-0.3, -0.25) is 9.36 Å². The molecular formula is C30H30BN7O. The zero-order chi connectivity index (χ0) is 27.5. The van der Waals surface area contributed by atoms with Crippen molar-refractivity contribution in [1.29, 1.82) is 0 Å². The average Bonchev–Trinajstić information content (AvgIpc) is 3.56. The Balaban J connectivity index is 1.48. The van der Waals surface area contributed by atoms with Gasteiger partial charge >= 0.3 is 0 Å². The second-order valence-corrected chi connectivity index (χ2v) is 10.6. The molecule has 9 heteroatoms. The van der Waals surface area contributed by atoms with Crippen molar-refractivity contribution in [2.24, 2.45) is 7.05 Å². The fourth-order valence-corrected chi connectivity index (χ4v) is 5.45. The van der Waals surface area contributed by atoms with Crippen LogP contribution in [0.3, 0.4) is 0 Å². The van der Waals surface area contributed by atoms with Gasteiger partial charge in [-0.25, -0.2) is 9.67 Å². The van der Waals surface area contributed by atoms with E-state index in [1.807, 2.05) is 73.5 Å². The third kappa shape index (κ3) is 4.32. The van der Waals surface area contributed by atoms with Crippen molar-refractivity contribution in [2.45, 2.75) is 45.7 Å². The smallest absolute Gasteiger partial charge is 0.181 e. The Kier molecular flexibility index (Phi) is 5.91. The van der Waals surface area contributed by atoms with E-state index in [0.29, 0.717) is 5.56 Å². The lowest BCUT2D eigenvalue weighted by atomic mass is 9.75. The van der Waals surface area contributed by atoms with Crippen LogP contribution in [0.1, 0.15) is 42.3 Å². The summed E-state index contributed by atoms with van der Waals surface area (Å²) in [6.07, 6.45) is 3.91. The first-order chi connectivity index (χ1) is 18.6. The second kappa shape index (κ2) is 9.20. The van der Waals surface area contributed by atoms with Crippen LogP contribution in [0.25, 0.3) is 38.9 Å². The molecule has 1 atom stereocenters. The molecule has 8 nitrogen and oxygen atoms in total. The highest BCUT2D eigenvalue weighted by atomic mass is 16.3. The van der Waals surface area contributed by atoms with Gasteiger partial charge in [-0.05, 0) is 37.5 Å². The quantitative estimate of drug-likeness (QED) is 0.318. The summed E-state index contributed by atoms with van der Waals surface area (Å²) in [4.78, 5) is 4.74. The molecule has 6 aromatic rings. The Morgan fingerprint density at radius 1 is 0.974 bits per heavy atom. The first-order valence-electron chi connectivity index (χ1n) is 13.1. The minimum Gasteiger partial charge on any atom is -0.393 e. The molecule has 0 bridgehead atoms. The van der Waals surface area contributed by atoms with Gasteiger partial charge in [0.25, 0.3) is 0 Å². The number of hydrogen-bond acceptors (Lipinski definition) is 5. The SMILES string of the molecule is [B][C@](O)(Cn1cc2c(-c3nn(-c4cc5cn(C)nc5nc4C)c(C)c3C(C)C)cccc2n1)c1ccccc1. The van der Waals surface area contributed by atoms with Gasteiger partial charge in [-0.1, -0.05) is 56.3 Å². The number of hydrogen-bond donors (Lipinski definition) is 1. The van der Waals surface area contributed by atoms with Crippen LogP contribution in [-0.2, 0) is 19.1 Å². The van der Waals surface area contributed by atoms with Crippen LogP contribution in [0, 0.1) is 13.8 Å². The van der Waals surface area contributed by atoms with E-state index < -0.39 is 5.50 Å². The predicted molar refractivity (Wildman–Crippen MR) is 154 cm³/mol. The number of aryl methyl sites for hydroxylation is 2. The van der Waals surface area contributed by atoms with Crippen LogP contribution in [-0.4, -0.2) is 47.3 Å². The molecule has 0 aliphatic carbocycles. The molecule has 0 amide bonds. The third-order valence-electron chi connectivity index (χ3n) is 7.27. The number of pyridine rings is 1. The molecule has 0 unspecified atom stereocenters. The minimum absolute atomic E-state index is 0.117. The lowest BCUT2D eigenvalue weighted by molar-refractivity contribution is 0.103. The molecule has 0 saturated heterocycles. The highest BCUT2D eigenvalue weighted by Crippen LogP contribution is 2.37. The van der Waals surface area contributed by atoms with Crippen molar-refractivity contribution in [3.05, 3.63) is 89.5 Å². The van der Waals surface area contributed by atoms with Crippen molar-refractivity contribution >= 4 is 29.8 Å². The van der Waals surface area contributed by atoms with Gasteiger partial charge in [0, 0.05) is 47.0 Å². The molecule has 1 N–H and O–H groups in total. The molecule has 4 heterocycles. The summed E-state index contributed by atoms with van der Waals surface area (Å²) in [6, 6.07) is 17.4. The summed E-state index contributed by atoms with van der Waals surface area (Å²) in [5.74, 6) is 0.238. The van der Waals surface area contributed by atoms with Crippen LogP contribution < -0.4 is 0 Å². The molecule has 4 aromatic heterocycles.